The van der Waals surface area contributed by atoms with Gasteiger partial charge in [0, 0.05) is 13.0 Å². The zero-order valence-electron chi connectivity index (χ0n) is 14.9. The topological polar surface area (TPSA) is 70.7 Å². The zero-order chi connectivity index (χ0) is 17.4. The number of carbonyl (C=O) groups is 2. The Morgan fingerprint density at radius 1 is 1.36 bits per heavy atom. The van der Waals surface area contributed by atoms with E-state index in [1.165, 1.54) is 0 Å². The molecule has 7 heteroatoms. The Labute approximate surface area is 155 Å². The summed E-state index contributed by atoms with van der Waals surface area (Å²) < 4.78 is 5.22. The molecule has 1 unspecified atom stereocenters. The van der Waals surface area contributed by atoms with Crippen molar-refractivity contribution in [3.63, 3.8) is 0 Å². The lowest BCUT2D eigenvalue weighted by molar-refractivity contribution is -0.134. The summed E-state index contributed by atoms with van der Waals surface area (Å²) in [7, 11) is 1.56. The highest BCUT2D eigenvalue weighted by molar-refractivity contribution is 5.95. The van der Waals surface area contributed by atoms with E-state index in [2.05, 4.69) is 10.6 Å². The van der Waals surface area contributed by atoms with Crippen LogP contribution in [0.3, 0.4) is 0 Å². The van der Waals surface area contributed by atoms with E-state index in [0.717, 1.165) is 25.9 Å². The second kappa shape index (κ2) is 10.9. The second-order valence-electron chi connectivity index (χ2n) is 6.05. The number of rotatable bonds is 8. The molecule has 1 aliphatic rings. The lowest BCUT2D eigenvalue weighted by Gasteiger charge is -2.21. The van der Waals surface area contributed by atoms with Crippen molar-refractivity contribution in [2.45, 2.75) is 26.2 Å². The highest BCUT2D eigenvalue weighted by Gasteiger charge is 2.20. The number of amides is 2. The smallest absolute Gasteiger partial charge is 0.244 e. The van der Waals surface area contributed by atoms with Crippen molar-refractivity contribution >= 4 is 29.9 Å². The fourth-order valence-electron chi connectivity index (χ4n) is 2.93. The SMILES string of the molecule is CCN(CC(=O)Nc1ccccc1OC)C(=O)CCC1CCNC1.Cl. The normalized spacial score (nSPS) is 16.0. The molecule has 0 radical (unpaired) electrons. The Bertz CT molecular complexity index is 562. The number of nitrogens with zero attached hydrogens (tertiary/aromatic N) is 1. The maximum Gasteiger partial charge on any atom is 0.244 e. The van der Waals surface area contributed by atoms with E-state index in [4.69, 9.17) is 4.74 Å². The van der Waals surface area contributed by atoms with Crippen molar-refractivity contribution in [1.29, 1.82) is 0 Å². The number of benzene rings is 1. The molecule has 1 saturated heterocycles. The van der Waals surface area contributed by atoms with Crippen LogP contribution in [0.15, 0.2) is 24.3 Å². The predicted molar refractivity (Wildman–Crippen MR) is 101 cm³/mol. The summed E-state index contributed by atoms with van der Waals surface area (Å²) >= 11 is 0. The van der Waals surface area contributed by atoms with Gasteiger partial charge in [0.05, 0.1) is 19.3 Å². The number of anilines is 1. The Hall–Kier alpha value is -1.79. The van der Waals surface area contributed by atoms with E-state index in [0.29, 0.717) is 30.3 Å². The van der Waals surface area contributed by atoms with Crippen molar-refractivity contribution in [2.24, 2.45) is 5.92 Å². The van der Waals surface area contributed by atoms with Crippen molar-refractivity contribution in [3.05, 3.63) is 24.3 Å². The van der Waals surface area contributed by atoms with Gasteiger partial charge in [-0.15, -0.1) is 12.4 Å². The second-order valence-corrected chi connectivity index (χ2v) is 6.05. The van der Waals surface area contributed by atoms with Crippen molar-refractivity contribution in [2.75, 3.05) is 38.6 Å². The van der Waals surface area contributed by atoms with Gasteiger partial charge in [-0.25, -0.2) is 0 Å². The number of hydrogen-bond acceptors (Lipinski definition) is 4. The van der Waals surface area contributed by atoms with Gasteiger partial charge in [-0.1, -0.05) is 12.1 Å². The maximum atomic E-state index is 12.3. The monoisotopic (exact) mass is 369 g/mol. The fraction of sp³-hybridized carbons (Fsp3) is 0.556. The van der Waals surface area contributed by atoms with Gasteiger partial charge in [0.1, 0.15) is 5.75 Å². The minimum Gasteiger partial charge on any atom is -0.495 e. The van der Waals surface area contributed by atoms with Gasteiger partial charge in [0.2, 0.25) is 11.8 Å². The fourth-order valence-corrected chi connectivity index (χ4v) is 2.93. The Morgan fingerprint density at radius 2 is 2.12 bits per heavy atom. The van der Waals surface area contributed by atoms with E-state index in [1.807, 2.05) is 19.1 Å². The van der Waals surface area contributed by atoms with E-state index in [1.54, 1.807) is 24.1 Å². The number of methoxy groups -OCH3 is 1. The highest BCUT2D eigenvalue weighted by atomic mass is 35.5. The first-order valence-electron chi connectivity index (χ1n) is 8.55. The summed E-state index contributed by atoms with van der Waals surface area (Å²) in [5, 5.41) is 6.12. The first-order chi connectivity index (χ1) is 11.6. The predicted octanol–water partition coefficient (Wildman–Crippen LogP) is 2.29. The average molecular weight is 370 g/mol. The molecule has 2 amide bonds. The van der Waals surface area contributed by atoms with Crippen molar-refractivity contribution in [1.82, 2.24) is 10.2 Å². The average Bonchev–Trinajstić information content (AvgIpc) is 3.11. The third kappa shape index (κ3) is 6.55. The largest absolute Gasteiger partial charge is 0.495 e. The molecule has 0 aliphatic carbocycles. The first-order valence-corrected chi connectivity index (χ1v) is 8.55. The van der Waals surface area contributed by atoms with E-state index in [-0.39, 0.29) is 30.8 Å². The number of halogens is 1. The van der Waals surface area contributed by atoms with Crippen LogP contribution in [0, 0.1) is 5.92 Å². The summed E-state index contributed by atoms with van der Waals surface area (Å²) in [6.07, 6.45) is 2.52. The van der Waals surface area contributed by atoms with Gasteiger partial charge < -0.3 is 20.3 Å². The molecule has 1 aromatic rings. The quantitative estimate of drug-likeness (QED) is 0.737. The van der Waals surface area contributed by atoms with Gasteiger partial charge in [0.25, 0.3) is 0 Å². The van der Waals surface area contributed by atoms with E-state index in [9.17, 15) is 9.59 Å². The molecule has 1 aliphatic heterocycles. The van der Waals surface area contributed by atoms with Crippen LogP contribution < -0.4 is 15.4 Å². The number of carbonyl (C=O) groups excluding carboxylic acids is 2. The molecule has 140 valence electrons. The van der Waals surface area contributed by atoms with Gasteiger partial charge >= 0.3 is 0 Å². The van der Waals surface area contributed by atoms with Gasteiger partial charge in [0.15, 0.2) is 0 Å². The third-order valence-electron chi connectivity index (χ3n) is 4.38. The summed E-state index contributed by atoms with van der Waals surface area (Å²) in [5.41, 5.74) is 0.616. The van der Waals surface area contributed by atoms with Crippen LogP contribution in [-0.4, -0.2) is 50.0 Å². The van der Waals surface area contributed by atoms with Crippen molar-refractivity contribution in [3.8, 4) is 5.75 Å². The Morgan fingerprint density at radius 3 is 2.76 bits per heavy atom. The Kier molecular flexibility index (Phi) is 9.31. The summed E-state index contributed by atoms with van der Waals surface area (Å²) in [5.74, 6) is 1.01. The standard InChI is InChI=1S/C18H27N3O3.ClH/c1-3-21(18(23)9-8-14-10-11-19-12-14)13-17(22)20-15-6-4-5-7-16(15)24-2;/h4-7,14,19H,3,8-13H2,1-2H3,(H,20,22);1H. The number of para-hydroxylation sites is 2. The molecule has 6 nitrogen and oxygen atoms in total. The summed E-state index contributed by atoms with van der Waals surface area (Å²) in [6, 6.07) is 7.24. The van der Waals surface area contributed by atoms with Gasteiger partial charge in [-0.2, -0.15) is 0 Å². The molecule has 1 aromatic carbocycles. The molecule has 2 rings (SSSR count). The van der Waals surface area contributed by atoms with E-state index < -0.39 is 0 Å². The zero-order valence-corrected chi connectivity index (χ0v) is 15.7. The van der Waals surface area contributed by atoms with E-state index >= 15 is 0 Å². The Balaban J connectivity index is 0.00000312. The highest BCUT2D eigenvalue weighted by Crippen LogP contribution is 2.23. The maximum absolute atomic E-state index is 12.3. The number of nitrogens with one attached hydrogen (secondary N) is 2. The first kappa shape index (κ1) is 21.3. The molecular weight excluding hydrogens is 342 g/mol. The summed E-state index contributed by atoms with van der Waals surface area (Å²) in [4.78, 5) is 26.2. The molecule has 2 N–H and O–H groups in total. The minimum absolute atomic E-state index is 0. The van der Waals surface area contributed by atoms with Crippen LogP contribution in [0.4, 0.5) is 5.69 Å². The van der Waals surface area contributed by atoms with Crippen LogP contribution in [0.1, 0.15) is 26.2 Å². The van der Waals surface area contributed by atoms with Crippen molar-refractivity contribution < 1.29 is 14.3 Å². The van der Waals surface area contributed by atoms with Crippen LogP contribution >= 0.6 is 12.4 Å². The molecular formula is C18H28ClN3O3. The third-order valence-corrected chi connectivity index (χ3v) is 4.38. The molecule has 25 heavy (non-hydrogen) atoms. The van der Waals surface area contributed by atoms with Gasteiger partial charge in [-0.3, -0.25) is 9.59 Å². The molecule has 1 atom stereocenters. The van der Waals surface area contributed by atoms with Crippen LogP contribution in [-0.2, 0) is 9.59 Å². The molecule has 1 heterocycles. The van der Waals surface area contributed by atoms with Crippen LogP contribution in [0.25, 0.3) is 0 Å². The number of likely N-dealkylation sites (N-methyl/N-ethyl adjacent to an activating group) is 1. The molecule has 0 bridgehead atoms. The summed E-state index contributed by atoms with van der Waals surface area (Å²) in [6.45, 7) is 4.52. The number of hydrogen-bond donors (Lipinski definition) is 2. The number of ether oxygens (including phenoxy) is 1. The molecule has 0 aromatic heterocycles. The molecule has 0 spiro atoms. The lowest BCUT2D eigenvalue weighted by atomic mass is 10.0. The molecule has 0 saturated carbocycles. The van der Waals surface area contributed by atoms with Crippen LogP contribution in [0.5, 0.6) is 5.75 Å². The van der Waals surface area contributed by atoms with Crippen LogP contribution in [0.2, 0.25) is 0 Å². The minimum atomic E-state index is -0.211. The lowest BCUT2D eigenvalue weighted by Crippen LogP contribution is -2.38. The molecule has 1 fully saturated rings. The van der Waals surface area contributed by atoms with Gasteiger partial charge in [-0.05, 0) is 50.9 Å².